The number of nitriles is 1. The summed E-state index contributed by atoms with van der Waals surface area (Å²) in [6, 6.07) is 13.2. The first-order chi connectivity index (χ1) is 18.3. The molecule has 0 radical (unpaired) electrons. The molecule has 9 nitrogen and oxygen atoms in total. The molecular weight excluding hydrogens is 485 g/mol. The maximum absolute atomic E-state index is 13.8. The van der Waals surface area contributed by atoms with E-state index in [1.165, 1.54) is 12.1 Å². The van der Waals surface area contributed by atoms with Gasteiger partial charge in [0.2, 0.25) is 11.8 Å². The van der Waals surface area contributed by atoms with E-state index in [1.54, 1.807) is 41.9 Å². The molecule has 194 valence electrons. The van der Waals surface area contributed by atoms with Crippen LogP contribution in [0.5, 0.6) is 0 Å². The molecule has 1 saturated heterocycles. The number of fused-ring (bicyclic) bond motifs is 1. The predicted molar refractivity (Wildman–Crippen MR) is 139 cm³/mol. The van der Waals surface area contributed by atoms with Gasteiger partial charge in [-0.25, -0.2) is 9.37 Å². The van der Waals surface area contributed by atoms with Crippen molar-refractivity contribution in [3.63, 3.8) is 0 Å². The van der Waals surface area contributed by atoms with E-state index in [9.17, 15) is 14.4 Å². The van der Waals surface area contributed by atoms with Crippen molar-refractivity contribution >= 4 is 16.7 Å². The Morgan fingerprint density at radius 2 is 1.84 bits per heavy atom. The number of aromatic nitrogens is 4. The third-order valence-electron chi connectivity index (χ3n) is 7.66. The molecule has 38 heavy (non-hydrogen) atoms. The normalized spacial score (nSPS) is 21.0. The highest BCUT2D eigenvalue weighted by Crippen LogP contribution is 2.41. The summed E-state index contributed by atoms with van der Waals surface area (Å²) in [4.78, 5) is 21.9. The second-order valence-electron chi connectivity index (χ2n) is 10.4. The van der Waals surface area contributed by atoms with Gasteiger partial charge in [0.15, 0.2) is 0 Å². The molecule has 0 spiro atoms. The summed E-state index contributed by atoms with van der Waals surface area (Å²) in [5, 5.41) is 18.2. The molecule has 1 unspecified atom stereocenters. The number of rotatable bonds is 5. The van der Waals surface area contributed by atoms with Crippen molar-refractivity contribution < 1.29 is 8.81 Å². The van der Waals surface area contributed by atoms with Crippen LogP contribution in [0.4, 0.5) is 10.1 Å². The Hall–Kier alpha value is -4.10. The van der Waals surface area contributed by atoms with Crippen molar-refractivity contribution in [1.82, 2.24) is 24.6 Å². The van der Waals surface area contributed by atoms with Crippen LogP contribution in [0.25, 0.3) is 11.0 Å². The van der Waals surface area contributed by atoms with Gasteiger partial charge in [0.25, 0.3) is 5.56 Å². The highest BCUT2D eigenvalue weighted by Gasteiger charge is 2.39. The molecule has 1 saturated carbocycles. The van der Waals surface area contributed by atoms with Crippen LogP contribution in [0.15, 0.2) is 51.7 Å². The Kier molecular flexibility index (Phi) is 5.95. The summed E-state index contributed by atoms with van der Waals surface area (Å²) in [6.45, 7) is 5.44. The van der Waals surface area contributed by atoms with E-state index in [2.05, 4.69) is 44.9 Å². The monoisotopic (exact) mass is 513 g/mol. The number of benzene rings is 1. The second-order valence-corrected chi connectivity index (χ2v) is 10.4. The molecule has 3 atom stereocenters. The number of piperazine rings is 1. The average Bonchev–Trinajstić information content (AvgIpc) is 3.66. The summed E-state index contributed by atoms with van der Waals surface area (Å²) >= 11 is 0. The van der Waals surface area contributed by atoms with Crippen LogP contribution in [0, 0.1) is 17.1 Å². The number of aryl methyl sites for hydroxylation is 1. The average molecular weight is 514 g/mol. The highest BCUT2D eigenvalue weighted by atomic mass is 19.1. The zero-order chi connectivity index (χ0) is 26.6. The van der Waals surface area contributed by atoms with Crippen molar-refractivity contribution in [1.29, 1.82) is 5.26 Å². The summed E-state index contributed by atoms with van der Waals surface area (Å²) in [5.74, 6) is 1.20. The van der Waals surface area contributed by atoms with Crippen molar-refractivity contribution in [3.05, 3.63) is 81.7 Å². The molecular formula is C28H28FN7O2. The Balaban J connectivity index is 1.38. The number of hydrogen-bond acceptors (Lipinski definition) is 8. The van der Waals surface area contributed by atoms with Gasteiger partial charge in [-0.3, -0.25) is 9.69 Å². The Morgan fingerprint density at radius 1 is 1.08 bits per heavy atom. The van der Waals surface area contributed by atoms with Crippen LogP contribution in [-0.2, 0) is 7.05 Å². The molecule has 0 bridgehead atoms. The number of nitrogens with zero attached hydrogens (tertiary/aromatic N) is 7. The molecule has 10 heteroatoms. The highest BCUT2D eigenvalue weighted by molar-refractivity contribution is 5.89. The molecule has 3 aromatic heterocycles. The lowest BCUT2D eigenvalue weighted by Crippen LogP contribution is -2.57. The Bertz CT molecular complexity index is 1600. The lowest BCUT2D eigenvalue weighted by Gasteiger charge is -2.47. The quantitative estimate of drug-likeness (QED) is 0.396. The van der Waals surface area contributed by atoms with Gasteiger partial charge >= 0.3 is 0 Å². The molecule has 1 aliphatic carbocycles. The van der Waals surface area contributed by atoms with Crippen LogP contribution in [0.2, 0.25) is 0 Å². The molecule has 1 aliphatic heterocycles. The first-order valence-corrected chi connectivity index (χ1v) is 12.9. The largest absolute Gasteiger partial charge is 0.423 e. The Morgan fingerprint density at radius 3 is 2.55 bits per heavy atom. The standard InChI is InChI=1S/C28H28FN7O2/c1-16-15-36(26(18-6-8-20(29)9-7-18)28-33-32-27(38-28)19-4-5-19)17(2)14-35(16)23-12-24(37)34(3)22-11-10-21(13-30)31-25(22)23/h6-12,16-17,19,26H,4-5,14-15H2,1-3H3/t16-,17+,26?/m0/s1. The van der Waals surface area contributed by atoms with Crippen molar-refractivity contribution in [2.75, 3.05) is 18.0 Å². The first kappa shape index (κ1) is 24.2. The maximum Gasteiger partial charge on any atom is 0.252 e. The van der Waals surface area contributed by atoms with E-state index in [0.717, 1.165) is 18.4 Å². The fourth-order valence-electron chi connectivity index (χ4n) is 5.42. The molecule has 2 aliphatic rings. The smallest absolute Gasteiger partial charge is 0.252 e. The summed E-state index contributed by atoms with van der Waals surface area (Å²) in [6.07, 6.45) is 2.11. The van der Waals surface area contributed by atoms with E-state index in [0.29, 0.717) is 53.2 Å². The molecule has 4 aromatic rings. The van der Waals surface area contributed by atoms with Gasteiger partial charge in [0, 0.05) is 44.2 Å². The van der Waals surface area contributed by atoms with E-state index < -0.39 is 0 Å². The zero-order valence-electron chi connectivity index (χ0n) is 21.5. The van der Waals surface area contributed by atoms with Gasteiger partial charge in [0.05, 0.1) is 11.2 Å². The van der Waals surface area contributed by atoms with Crippen LogP contribution in [0.3, 0.4) is 0 Å². The molecule has 4 heterocycles. The SMILES string of the molecule is C[C@@H]1CN(c2cc(=O)n(C)c3ccc(C#N)nc23)[C@@H](C)CN1C(c1ccc(F)cc1)c1nnc(C2CC2)o1. The Labute approximate surface area is 219 Å². The minimum absolute atomic E-state index is 0.00999. The third-order valence-corrected chi connectivity index (χ3v) is 7.66. The van der Waals surface area contributed by atoms with Gasteiger partial charge < -0.3 is 13.9 Å². The maximum atomic E-state index is 13.8. The molecule has 1 aromatic carbocycles. The minimum atomic E-state index is -0.334. The lowest BCUT2D eigenvalue weighted by atomic mass is 9.98. The van der Waals surface area contributed by atoms with Crippen LogP contribution in [0.1, 0.15) is 61.7 Å². The van der Waals surface area contributed by atoms with E-state index in [-0.39, 0.29) is 29.5 Å². The molecule has 6 rings (SSSR count). The zero-order valence-corrected chi connectivity index (χ0v) is 21.5. The number of pyridine rings is 2. The minimum Gasteiger partial charge on any atom is -0.423 e. The van der Waals surface area contributed by atoms with Crippen molar-refractivity contribution in [2.24, 2.45) is 7.05 Å². The fraction of sp³-hybridized carbons (Fsp3) is 0.393. The van der Waals surface area contributed by atoms with E-state index in [1.807, 2.05) is 0 Å². The summed E-state index contributed by atoms with van der Waals surface area (Å²) < 4.78 is 21.5. The summed E-state index contributed by atoms with van der Waals surface area (Å²) in [5.41, 5.74) is 3.06. The number of hydrogen-bond donors (Lipinski definition) is 0. The number of halogens is 1. The van der Waals surface area contributed by atoms with Gasteiger partial charge in [0.1, 0.15) is 29.1 Å². The van der Waals surface area contributed by atoms with Gasteiger partial charge in [-0.2, -0.15) is 5.26 Å². The second kappa shape index (κ2) is 9.33. The molecule has 2 fully saturated rings. The summed E-state index contributed by atoms with van der Waals surface area (Å²) in [7, 11) is 1.71. The van der Waals surface area contributed by atoms with E-state index in [4.69, 9.17) is 4.42 Å². The number of anilines is 1. The third kappa shape index (κ3) is 4.23. The predicted octanol–water partition coefficient (Wildman–Crippen LogP) is 3.89. The fourth-order valence-corrected chi connectivity index (χ4v) is 5.42. The first-order valence-electron chi connectivity index (χ1n) is 12.9. The molecule has 0 N–H and O–H groups in total. The van der Waals surface area contributed by atoms with Gasteiger partial charge in [-0.05, 0) is 56.5 Å². The van der Waals surface area contributed by atoms with E-state index >= 15 is 0 Å². The topological polar surface area (TPSA) is 104 Å². The van der Waals surface area contributed by atoms with Crippen LogP contribution < -0.4 is 10.5 Å². The lowest BCUT2D eigenvalue weighted by molar-refractivity contribution is 0.113. The molecule has 0 amide bonds. The van der Waals surface area contributed by atoms with Crippen LogP contribution >= 0.6 is 0 Å². The van der Waals surface area contributed by atoms with Gasteiger partial charge in [-0.15, -0.1) is 10.2 Å². The van der Waals surface area contributed by atoms with Crippen molar-refractivity contribution in [2.45, 2.75) is 50.7 Å². The van der Waals surface area contributed by atoms with Gasteiger partial charge in [-0.1, -0.05) is 12.1 Å². The van der Waals surface area contributed by atoms with Crippen LogP contribution in [-0.4, -0.2) is 49.8 Å². The van der Waals surface area contributed by atoms with Crippen molar-refractivity contribution in [3.8, 4) is 6.07 Å².